The molecule has 4 bridgehead atoms. The van der Waals surface area contributed by atoms with E-state index in [9.17, 15) is 5.11 Å². The largest absolute Gasteiger partial charge is 0.504 e. The molecular weight excluding hydrogens is 388 g/mol. The lowest BCUT2D eigenvalue weighted by Crippen LogP contribution is -2.43. The molecule has 0 aliphatic heterocycles. The Hall–Kier alpha value is -1.48. The molecule has 0 spiro atoms. The van der Waals surface area contributed by atoms with Gasteiger partial charge in [-0.2, -0.15) is 0 Å². The summed E-state index contributed by atoms with van der Waals surface area (Å²) in [5.41, 5.74) is 3.45. The van der Waals surface area contributed by atoms with Gasteiger partial charge in [0.1, 0.15) is 0 Å². The Balaban J connectivity index is 1.60. The van der Waals surface area contributed by atoms with Crippen molar-refractivity contribution in [3.63, 3.8) is 0 Å². The molecule has 26 heavy (non-hydrogen) atoms. The molecule has 136 valence electrons. The number of halogens is 1. The van der Waals surface area contributed by atoms with Crippen LogP contribution in [0, 0.1) is 23.7 Å². The SMILES string of the molecule is COc1c(O)cc(-c2ccc(Br)cc2)cc1C1C2CC3CC(C2)CC1C3. The second kappa shape index (κ2) is 6.30. The second-order valence-corrected chi connectivity index (χ2v) is 9.50. The number of aromatic hydroxyl groups is 1. The molecule has 0 saturated heterocycles. The smallest absolute Gasteiger partial charge is 0.164 e. The number of hydrogen-bond donors (Lipinski definition) is 1. The fourth-order valence-electron chi connectivity index (χ4n) is 6.35. The number of methoxy groups -OCH3 is 1. The number of phenolic OH excluding ortho intramolecular Hbond substituents is 1. The fraction of sp³-hybridized carbons (Fsp3) is 0.478. The Morgan fingerprint density at radius 2 is 1.50 bits per heavy atom. The Morgan fingerprint density at radius 3 is 2.08 bits per heavy atom. The van der Waals surface area contributed by atoms with Gasteiger partial charge in [0.2, 0.25) is 0 Å². The van der Waals surface area contributed by atoms with Gasteiger partial charge in [-0.1, -0.05) is 28.1 Å². The highest BCUT2D eigenvalue weighted by atomic mass is 79.9. The molecule has 4 fully saturated rings. The van der Waals surface area contributed by atoms with Crippen LogP contribution in [0.15, 0.2) is 40.9 Å². The monoisotopic (exact) mass is 412 g/mol. The summed E-state index contributed by atoms with van der Waals surface area (Å²) in [7, 11) is 1.69. The molecule has 0 radical (unpaired) electrons. The van der Waals surface area contributed by atoms with Gasteiger partial charge in [0.05, 0.1) is 7.11 Å². The minimum Gasteiger partial charge on any atom is -0.504 e. The summed E-state index contributed by atoms with van der Waals surface area (Å²) in [6.45, 7) is 0. The summed E-state index contributed by atoms with van der Waals surface area (Å²) in [6, 6.07) is 12.5. The van der Waals surface area contributed by atoms with Gasteiger partial charge in [-0.15, -0.1) is 0 Å². The van der Waals surface area contributed by atoms with Gasteiger partial charge in [-0.3, -0.25) is 0 Å². The first kappa shape index (κ1) is 16.7. The van der Waals surface area contributed by atoms with Gasteiger partial charge in [0, 0.05) is 10.0 Å². The highest BCUT2D eigenvalue weighted by molar-refractivity contribution is 9.10. The summed E-state index contributed by atoms with van der Waals surface area (Å²) >= 11 is 3.51. The van der Waals surface area contributed by atoms with Gasteiger partial charge in [0.25, 0.3) is 0 Å². The molecule has 0 amide bonds. The van der Waals surface area contributed by atoms with Gasteiger partial charge in [0.15, 0.2) is 11.5 Å². The van der Waals surface area contributed by atoms with Gasteiger partial charge in [-0.25, -0.2) is 0 Å². The number of hydrogen-bond acceptors (Lipinski definition) is 2. The van der Waals surface area contributed by atoms with Gasteiger partial charge >= 0.3 is 0 Å². The third-order valence-electron chi connectivity index (χ3n) is 7.07. The van der Waals surface area contributed by atoms with E-state index in [2.05, 4.69) is 46.3 Å². The van der Waals surface area contributed by atoms with Gasteiger partial charge < -0.3 is 9.84 Å². The molecule has 2 aromatic carbocycles. The second-order valence-electron chi connectivity index (χ2n) is 8.58. The summed E-state index contributed by atoms with van der Waals surface area (Å²) in [5.74, 6) is 4.93. The lowest BCUT2D eigenvalue weighted by atomic mass is 9.50. The maximum Gasteiger partial charge on any atom is 0.164 e. The molecule has 3 heteroatoms. The van der Waals surface area contributed by atoms with E-state index >= 15 is 0 Å². The van der Waals surface area contributed by atoms with Crippen LogP contribution in [0.4, 0.5) is 0 Å². The number of ether oxygens (including phenoxy) is 1. The van der Waals surface area contributed by atoms with Crippen molar-refractivity contribution in [2.24, 2.45) is 23.7 Å². The third-order valence-corrected chi connectivity index (χ3v) is 7.59. The molecule has 0 aromatic heterocycles. The molecule has 4 saturated carbocycles. The van der Waals surface area contributed by atoms with Crippen molar-refractivity contribution in [2.45, 2.75) is 38.0 Å². The summed E-state index contributed by atoms with van der Waals surface area (Å²) in [6.07, 6.45) is 6.92. The minimum absolute atomic E-state index is 0.275. The van der Waals surface area contributed by atoms with Crippen LogP contribution in [-0.2, 0) is 0 Å². The number of phenols is 1. The molecule has 2 nitrogen and oxygen atoms in total. The zero-order valence-electron chi connectivity index (χ0n) is 15.1. The average molecular weight is 413 g/mol. The summed E-state index contributed by atoms with van der Waals surface area (Å²) in [4.78, 5) is 0. The van der Waals surface area contributed by atoms with Crippen LogP contribution in [0.5, 0.6) is 11.5 Å². The molecule has 0 heterocycles. The van der Waals surface area contributed by atoms with Crippen LogP contribution >= 0.6 is 15.9 Å². The van der Waals surface area contributed by atoms with E-state index < -0.39 is 0 Å². The maximum absolute atomic E-state index is 10.7. The lowest BCUT2D eigenvalue weighted by molar-refractivity contribution is -0.00353. The van der Waals surface area contributed by atoms with E-state index in [4.69, 9.17) is 4.74 Å². The normalized spacial score (nSPS) is 32.0. The van der Waals surface area contributed by atoms with Crippen molar-refractivity contribution < 1.29 is 9.84 Å². The van der Waals surface area contributed by atoms with Crippen molar-refractivity contribution in [3.8, 4) is 22.6 Å². The molecule has 6 rings (SSSR count). The summed E-state index contributed by atoms with van der Waals surface area (Å²) < 4.78 is 6.75. The Bertz CT molecular complexity index is 799. The first-order valence-corrected chi connectivity index (χ1v) is 10.6. The summed E-state index contributed by atoms with van der Waals surface area (Å²) in [5, 5.41) is 10.7. The van der Waals surface area contributed by atoms with Crippen molar-refractivity contribution in [1.82, 2.24) is 0 Å². The van der Waals surface area contributed by atoms with Crippen LogP contribution in [-0.4, -0.2) is 12.2 Å². The third kappa shape index (κ3) is 2.67. The van der Waals surface area contributed by atoms with Crippen molar-refractivity contribution >= 4 is 15.9 Å². The topological polar surface area (TPSA) is 29.5 Å². The predicted molar refractivity (Wildman–Crippen MR) is 108 cm³/mol. The molecule has 2 aromatic rings. The highest BCUT2D eigenvalue weighted by Crippen LogP contribution is 2.61. The van der Waals surface area contributed by atoms with Crippen LogP contribution in [0.3, 0.4) is 0 Å². The van der Waals surface area contributed by atoms with Crippen LogP contribution in [0.2, 0.25) is 0 Å². The van der Waals surface area contributed by atoms with Crippen LogP contribution < -0.4 is 4.74 Å². The van der Waals surface area contributed by atoms with Crippen LogP contribution in [0.1, 0.15) is 43.6 Å². The van der Waals surface area contributed by atoms with Crippen molar-refractivity contribution in [3.05, 3.63) is 46.4 Å². The lowest BCUT2D eigenvalue weighted by Gasteiger charge is -2.54. The van der Waals surface area contributed by atoms with Crippen molar-refractivity contribution in [2.75, 3.05) is 7.11 Å². The molecule has 0 atom stereocenters. The average Bonchev–Trinajstić information content (AvgIpc) is 2.61. The number of rotatable bonds is 3. The molecule has 4 aliphatic carbocycles. The molecular formula is C23H25BrO2. The van der Waals surface area contributed by atoms with E-state index in [0.717, 1.165) is 39.3 Å². The van der Waals surface area contributed by atoms with E-state index in [-0.39, 0.29) is 5.75 Å². The first-order chi connectivity index (χ1) is 12.6. The fourth-order valence-corrected chi connectivity index (χ4v) is 6.61. The zero-order chi connectivity index (χ0) is 17.8. The molecule has 4 aliphatic rings. The molecule has 0 unspecified atom stereocenters. The standard InChI is InChI=1S/C23H25BrO2/c1-26-23-20(22-17-7-13-6-14(9-17)10-18(22)8-13)11-16(12-21(23)25)15-2-4-19(24)5-3-15/h2-5,11-14,17-18,22,25H,6-10H2,1H3. The van der Waals surface area contributed by atoms with E-state index in [0.29, 0.717) is 11.7 Å². The Kier molecular flexibility index (Phi) is 4.04. The quantitative estimate of drug-likeness (QED) is 0.634. The Morgan fingerprint density at radius 1 is 0.885 bits per heavy atom. The Labute approximate surface area is 163 Å². The number of benzene rings is 2. The van der Waals surface area contributed by atoms with E-state index in [1.807, 2.05) is 6.07 Å². The highest BCUT2D eigenvalue weighted by Gasteiger charge is 2.49. The minimum atomic E-state index is 0.275. The van der Waals surface area contributed by atoms with E-state index in [1.54, 1.807) is 7.11 Å². The maximum atomic E-state index is 10.7. The zero-order valence-corrected chi connectivity index (χ0v) is 16.7. The predicted octanol–water partition coefficient (Wildman–Crippen LogP) is 6.37. The van der Waals surface area contributed by atoms with Crippen LogP contribution in [0.25, 0.3) is 11.1 Å². The van der Waals surface area contributed by atoms with Gasteiger partial charge in [-0.05, 0) is 97.1 Å². The van der Waals surface area contributed by atoms with E-state index in [1.165, 1.54) is 37.7 Å². The molecule has 1 N–H and O–H groups in total. The van der Waals surface area contributed by atoms with Crippen molar-refractivity contribution in [1.29, 1.82) is 0 Å². The first-order valence-electron chi connectivity index (χ1n) is 9.79.